The Hall–Kier alpha value is -4.85. The largest absolute Gasteiger partial charge is 0.479 e. The highest BCUT2D eigenvalue weighted by Crippen LogP contribution is 2.38. The van der Waals surface area contributed by atoms with Gasteiger partial charge in [0.15, 0.2) is 6.10 Å². The Morgan fingerprint density at radius 1 is 0.848 bits per heavy atom. The molecule has 244 valence electrons. The van der Waals surface area contributed by atoms with Crippen molar-refractivity contribution in [1.82, 2.24) is 5.32 Å². The van der Waals surface area contributed by atoms with E-state index < -0.39 is 59.7 Å². The van der Waals surface area contributed by atoms with Crippen molar-refractivity contribution in [2.75, 3.05) is 16.8 Å². The maximum Gasteiger partial charge on any atom is 0.416 e. The van der Waals surface area contributed by atoms with Crippen LogP contribution in [0.1, 0.15) is 58.3 Å². The Labute approximate surface area is 259 Å². The first-order chi connectivity index (χ1) is 21.6. The molecule has 1 aliphatic rings. The lowest BCUT2D eigenvalue weighted by Gasteiger charge is -2.25. The second kappa shape index (κ2) is 14.1. The molecule has 14 heteroatoms. The third-order valence-corrected chi connectivity index (χ3v) is 7.22. The summed E-state index contributed by atoms with van der Waals surface area (Å²) in [6, 6.07) is 12.2. The van der Waals surface area contributed by atoms with E-state index in [1.807, 2.05) is 0 Å². The van der Waals surface area contributed by atoms with Crippen LogP contribution in [0.3, 0.4) is 0 Å². The van der Waals surface area contributed by atoms with E-state index in [0.29, 0.717) is 23.4 Å². The van der Waals surface area contributed by atoms with E-state index in [9.17, 15) is 45.8 Å². The zero-order chi connectivity index (χ0) is 33.6. The number of carbonyl (C=O) groups is 3. The van der Waals surface area contributed by atoms with Gasteiger partial charge in [0, 0.05) is 16.9 Å². The van der Waals surface area contributed by atoms with E-state index in [-0.39, 0.29) is 18.2 Å². The fourth-order valence-corrected chi connectivity index (χ4v) is 4.78. The first-order valence-corrected chi connectivity index (χ1v) is 14.1. The SMILES string of the molecule is O=C(NC[C@@H](O)C(=O)O)c1ccc(CN(C(=O)Nc2cc(C(F)(F)F)cc(C(F)(F)F)c2)c2ccc(C3=CCCCC3)cc2)cc1. The van der Waals surface area contributed by atoms with Crippen LogP contribution >= 0.6 is 0 Å². The maximum atomic E-state index is 13.5. The smallest absolute Gasteiger partial charge is 0.416 e. The van der Waals surface area contributed by atoms with E-state index in [1.54, 1.807) is 24.3 Å². The minimum Gasteiger partial charge on any atom is -0.479 e. The lowest BCUT2D eigenvalue weighted by molar-refractivity contribution is -0.146. The number of hydrogen-bond donors (Lipinski definition) is 4. The lowest BCUT2D eigenvalue weighted by Crippen LogP contribution is -2.36. The van der Waals surface area contributed by atoms with Gasteiger partial charge in [0.2, 0.25) is 0 Å². The Kier molecular flexibility index (Phi) is 10.4. The highest BCUT2D eigenvalue weighted by Gasteiger charge is 2.37. The summed E-state index contributed by atoms with van der Waals surface area (Å²) < 4.78 is 80.6. The number of halogens is 6. The molecule has 3 aromatic carbocycles. The summed E-state index contributed by atoms with van der Waals surface area (Å²) in [6.45, 7) is -0.735. The van der Waals surface area contributed by atoms with Gasteiger partial charge in [-0.1, -0.05) is 30.3 Å². The number of benzene rings is 3. The first kappa shape index (κ1) is 34.0. The first-order valence-electron chi connectivity index (χ1n) is 14.1. The van der Waals surface area contributed by atoms with Gasteiger partial charge in [-0.3, -0.25) is 9.69 Å². The number of alkyl halides is 6. The van der Waals surface area contributed by atoms with Gasteiger partial charge in [-0.25, -0.2) is 9.59 Å². The molecule has 46 heavy (non-hydrogen) atoms. The average molecular weight is 650 g/mol. The summed E-state index contributed by atoms with van der Waals surface area (Å²) in [7, 11) is 0. The molecular weight excluding hydrogens is 620 g/mol. The van der Waals surface area contributed by atoms with Gasteiger partial charge in [-0.2, -0.15) is 26.3 Å². The van der Waals surface area contributed by atoms with Gasteiger partial charge in [0.1, 0.15) is 0 Å². The van der Waals surface area contributed by atoms with Gasteiger partial charge < -0.3 is 20.8 Å². The number of aliphatic carboxylic acids is 1. The number of nitrogens with one attached hydrogen (secondary N) is 2. The van der Waals surface area contributed by atoms with Gasteiger partial charge in [-0.05, 0) is 84.8 Å². The van der Waals surface area contributed by atoms with Crippen LogP contribution in [0, 0.1) is 0 Å². The normalized spacial score (nSPS) is 14.2. The van der Waals surface area contributed by atoms with Crippen LogP contribution in [0.15, 0.2) is 72.8 Å². The molecular formula is C32H29F6N3O5. The zero-order valence-electron chi connectivity index (χ0n) is 24.1. The van der Waals surface area contributed by atoms with E-state index >= 15 is 0 Å². The van der Waals surface area contributed by atoms with Crippen molar-refractivity contribution in [3.63, 3.8) is 0 Å². The quantitative estimate of drug-likeness (QED) is 0.185. The molecule has 4 N–H and O–H groups in total. The van der Waals surface area contributed by atoms with E-state index in [0.717, 1.165) is 41.7 Å². The van der Waals surface area contributed by atoms with Crippen LogP contribution in [0.25, 0.3) is 5.57 Å². The number of hydrogen-bond acceptors (Lipinski definition) is 4. The number of aliphatic hydroxyl groups excluding tert-OH is 1. The summed E-state index contributed by atoms with van der Waals surface area (Å²) in [6.07, 6.45) is -6.01. The summed E-state index contributed by atoms with van der Waals surface area (Å²) in [5, 5.41) is 22.6. The van der Waals surface area contributed by atoms with Crippen LogP contribution in [0.4, 0.5) is 42.5 Å². The number of nitrogens with zero attached hydrogens (tertiary/aromatic N) is 1. The van der Waals surface area contributed by atoms with Crippen molar-refractivity contribution in [3.05, 3.63) is 101 Å². The second-order valence-electron chi connectivity index (χ2n) is 10.6. The second-order valence-corrected chi connectivity index (χ2v) is 10.6. The number of carboxylic acid groups (broad SMARTS) is 1. The van der Waals surface area contributed by atoms with Crippen LogP contribution in [-0.2, 0) is 23.7 Å². The van der Waals surface area contributed by atoms with Gasteiger partial charge in [0.25, 0.3) is 5.91 Å². The summed E-state index contributed by atoms with van der Waals surface area (Å²) in [5.74, 6) is -2.20. The van der Waals surface area contributed by atoms with Crippen LogP contribution in [0.2, 0.25) is 0 Å². The molecule has 0 saturated heterocycles. The number of anilines is 2. The number of allylic oxidation sites excluding steroid dienone is 2. The van der Waals surface area contributed by atoms with Crippen molar-refractivity contribution < 1.29 is 50.9 Å². The molecule has 3 amide bonds. The summed E-state index contributed by atoms with van der Waals surface area (Å²) >= 11 is 0. The van der Waals surface area contributed by atoms with Crippen molar-refractivity contribution in [2.24, 2.45) is 0 Å². The lowest BCUT2D eigenvalue weighted by atomic mass is 9.93. The fourth-order valence-electron chi connectivity index (χ4n) is 4.78. The van der Waals surface area contributed by atoms with Gasteiger partial charge >= 0.3 is 24.4 Å². The Balaban J connectivity index is 1.62. The number of amides is 3. The Morgan fingerprint density at radius 3 is 1.98 bits per heavy atom. The Bertz CT molecular complexity index is 1570. The van der Waals surface area contributed by atoms with Crippen molar-refractivity contribution in [3.8, 4) is 0 Å². The topological polar surface area (TPSA) is 119 Å². The highest BCUT2D eigenvalue weighted by atomic mass is 19.4. The summed E-state index contributed by atoms with van der Waals surface area (Å²) in [4.78, 5) is 37.7. The molecule has 0 unspecified atom stereocenters. The predicted octanol–water partition coefficient (Wildman–Crippen LogP) is 7.10. The predicted molar refractivity (Wildman–Crippen MR) is 157 cm³/mol. The van der Waals surface area contributed by atoms with Crippen molar-refractivity contribution in [2.45, 2.75) is 50.7 Å². The molecule has 0 aromatic heterocycles. The maximum absolute atomic E-state index is 13.5. The minimum absolute atomic E-state index is 0.0355. The number of carboxylic acids is 1. The molecule has 0 radical (unpaired) electrons. The van der Waals surface area contributed by atoms with E-state index in [2.05, 4.69) is 16.7 Å². The Morgan fingerprint density at radius 2 is 1.46 bits per heavy atom. The number of carbonyl (C=O) groups excluding carboxylic acids is 2. The van der Waals surface area contributed by atoms with Crippen molar-refractivity contribution in [1.29, 1.82) is 0 Å². The van der Waals surface area contributed by atoms with Crippen LogP contribution < -0.4 is 15.5 Å². The standard InChI is InChI=1S/C32H29F6N3O5/c33-31(34,35)23-14-24(32(36,37)38)16-25(15-23)40-30(46)41(26-12-10-21(11-13-26)20-4-2-1-3-5-20)18-19-6-8-22(9-7-19)28(43)39-17-27(42)29(44)45/h4,6-16,27,42H,1-3,5,17-18H2,(H,39,43)(H,40,46)(H,44,45)/t27-/m1/s1. The average Bonchev–Trinajstić information content (AvgIpc) is 3.02. The number of urea groups is 1. The van der Waals surface area contributed by atoms with Crippen LogP contribution in [0.5, 0.6) is 0 Å². The third-order valence-electron chi connectivity index (χ3n) is 7.22. The molecule has 0 saturated carbocycles. The van der Waals surface area contributed by atoms with E-state index in [4.69, 9.17) is 5.11 Å². The molecule has 0 bridgehead atoms. The highest BCUT2D eigenvalue weighted by molar-refractivity contribution is 6.02. The molecule has 3 aromatic rings. The molecule has 1 atom stereocenters. The molecule has 0 heterocycles. The van der Waals surface area contributed by atoms with Gasteiger partial charge in [0.05, 0.1) is 24.2 Å². The molecule has 8 nitrogen and oxygen atoms in total. The molecule has 1 aliphatic carbocycles. The minimum atomic E-state index is -5.11. The third kappa shape index (κ3) is 8.87. The van der Waals surface area contributed by atoms with Crippen LogP contribution in [-0.4, -0.2) is 40.8 Å². The zero-order valence-corrected chi connectivity index (χ0v) is 24.1. The molecule has 0 aliphatic heterocycles. The van der Waals surface area contributed by atoms with Gasteiger partial charge in [-0.15, -0.1) is 0 Å². The fraction of sp³-hybridized carbons (Fsp3) is 0.281. The molecule has 0 fully saturated rings. The van der Waals surface area contributed by atoms with E-state index in [1.165, 1.54) is 24.3 Å². The van der Waals surface area contributed by atoms with Crippen molar-refractivity contribution >= 4 is 34.9 Å². The summed E-state index contributed by atoms with van der Waals surface area (Å²) in [5.41, 5.74) is -0.996. The molecule has 0 spiro atoms. The molecule has 4 rings (SSSR count). The number of rotatable bonds is 9. The monoisotopic (exact) mass is 649 g/mol. The number of aliphatic hydroxyl groups is 1.